The Morgan fingerprint density at radius 3 is 2.52 bits per heavy atom. The van der Waals surface area contributed by atoms with Crippen LogP contribution in [0.2, 0.25) is 0 Å². The first-order valence-electron chi connectivity index (χ1n) is 8.38. The van der Waals surface area contributed by atoms with Crippen LogP contribution in [0.15, 0.2) is 59.7 Å². The van der Waals surface area contributed by atoms with Crippen molar-refractivity contribution >= 4 is 17.9 Å². The highest BCUT2D eigenvalue weighted by molar-refractivity contribution is 6.09. The molecule has 1 unspecified atom stereocenters. The van der Waals surface area contributed by atoms with Crippen molar-refractivity contribution in [3.63, 3.8) is 0 Å². The number of rotatable bonds is 3. The van der Waals surface area contributed by atoms with Crippen LogP contribution in [0.5, 0.6) is 0 Å². The molecular weight excluding hydrogens is 351 g/mol. The molecule has 2 aliphatic heterocycles. The molecule has 1 atom stereocenters. The number of halogens is 1. The Morgan fingerprint density at radius 1 is 1.04 bits per heavy atom. The smallest absolute Gasteiger partial charge is 0.324 e. The molecule has 0 bridgehead atoms. The van der Waals surface area contributed by atoms with E-state index < -0.39 is 24.1 Å². The minimum atomic E-state index is -1.06. The molecule has 2 aromatic rings. The third-order valence-corrected chi connectivity index (χ3v) is 4.54. The molecule has 7 heteroatoms. The minimum Gasteiger partial charge on any atom is -0.437 e. The van der Waals surface area contributed by atoms with Crippen molar-refractivity contribution in [1.82, 2.24) is 10.6 Å². The summed E-state index contributed by atoms with van der Waals surface area (Å²) in [5.74, 6) is -1.37. The molecule has 1 fully saturated rings. The summed E-state index contributed by atoms with van der Waals surface area (Å²) in [7, 11) is 0. The van der Waals surface area contributed by atoms with Crippen molar-refractivity contribution in [3.05, 3.63) is 71.1 Å². The average Bonchev–Trinajstić information content (AvgIpc) is 2.62. The summed E-state index contributed by atoms with van der Waals surface area (Å²) >= 11 is 0. The van der Waals surface area contributed by atoms with Gasteiger partial charge in [0.2, 0.25) is 6.23 Å². The Morgan fingerprint density at radius 2 is 1.78 bits per heavy atom. The van der Waals surface area contributed by atoms with Crippen LogP contribution in [0.3, 0.4) is 0 Å². The number of fused-ring (bicyclic) bond motifs is 1. The molecule has 4 rings (SSSR count). The number of hydrogen-bond acceptors (Lipinski definition) is 4. The molecule has 0 spiro atoms. The van der Waals surface area contributed by atoms with E-state index >= 15 is 0 Å². The largest absolute Gasteiger partial charge is 0.437 e. The number of urea groups is 1. The van der Waals surface area contributed by atoms with Gasteiger partial charge in [0.15, 0.2) is 0 Å². The molecule has 2 heterocycles. The fourth-order valence-electron chi connectivity index (χ4n) is 3.30. The molecule has 0 aromatic heterocycles. The normalized spacial score (nSPS) is 19.1. The molecule has 0 radical (unpaired) electrons. The van der Waals surface area contributed by atoms with Crippen molar-refractivity contribution in [2.75, 3.05) is 0 Å². The van der Waals surface area contributed by atoms with Gasteiger partial charge in [-0.05, 0) is 29.2 Å². The van der Waals surface area contributed by atoms with Gasteiger partial charge in [0.05, 0.1) is 12.0 Å². The quantitative estimate of drug-likeness (QED) is 0.818. The van der Waals surface area contributed by atoms with Crippen molar-refractivity contribution in [2.24, 2.45) is 0 Å². The van der Waals surface area contributed by atoms with Gasteiger partial charge in [-0.1, -0.05) is 42.5 Å². The van der Waals surface area contributed by atoms with Crippen LogP contribution in [-0.4, -0.2) is 24.1 Å². The molecule has 6 nitrogen and oxygen atoms in total. The van der Waals surface area contributed by atoms with E-state index in [1.54, 1.807) is 30.3 Å². The first kappa shape index (κ1) is 17.0. The molecule has 136 valence electrons. The number of imide groups is 1. The highest BCUT2D eigenvalue weighted by Gasteiger charge is 2.38. The highest BCUT2D eigenvalue weighted by Crippen LogP contribution is 2.28. The summed E-state index contributed by atoms with van der Waals surface area (Å²) < 4.78 is 19.0. The predicted octanol–water partition coefficient (Wildman–Crippen LogP) is 2.44. The predicted molar refractivity (Wildman–Crippen MR) is 93.7 cm³/mol. The lowest BCUT2D eigenvalue weighted by Gasteiger charge is -2.31. The van der Waals surface area contributed by atoms with Crippen LogP contribution >= 0.6 is 0 Å². The Bertz CT molecular complexity index is 982. The van der Waals surface area contributed by atoms with Gasteiger partial charge in [0, 0.05) is 5.56 Å². The highest BCUT2D eigenvalue weighted by atomic mass is 19.1. The van der Waals surface area contributed by atoms with Crippen LogP contribution in [-0.2, 0) is 20.7 Å². The standard InChI is InChI=1S/C20H15FN2O4/c21-15-4-2-1-3-14(15)12-7-5-11(6-8-12)9-13-10-16(24)27-19-17(13)18(25)22-20(26)23-19/h1-8,19H,9-10H2,(H2,22,23,25,26). The maximum Gasteiger partial charge on any atom is 0.324 e. The third-order valence-electron chi connectivity index (χ3n) is 4.54. The molecule has 0 aliphatic carbocycles. The lowest BCUT2D eigenvalue weighted by molar-refractivity contribution is -0.149. The average molecular weight is 366 g/mol. The molecule has 27 heavy (non-hydrogen) atoms. The van der Waals surface area contributed by atoms with Gasteiger partial charge in [0.25, 0.3) is 5.91 Å². The van der Waals surface area contributed by atoms with Gasteiger partial charge in [0.1, 0.15) is 5.82 Å². The number of hydrogen-bond donors (Lipinski definition) is 2. The summed E-state index contributed by atoms with van der Waals surface area (Å²) in [6.45, 7) is 0. The zero-order valence-electron chi connectivity index (χ0n) is 14.1. The number of ether oxygens (including phenoxy) is 1. The van der Waals surface area contributed by atoms with Gasteiger partial charge in [-0.2, -0.15) is 0 Å². The number of carbonyl (C=O) groups is 3. The molecule has 3 amide bonds. The summed E-state index contributed by atoms with van der Waals surface area (Å²) in [5.41, 5.74) is 2.94. The second-order valence-electron chi connectivity index (χ2n) is 6.35. The lowest BCUT2D eigenvalue weighted by Crippen LogP contribution is -2.57. The van der Waals surface area contributed by atoms with Gasteiger partial charge in [-0.3, -0.25) is 20.2 Å². The fourth-order valence-corrected chi connectivity index (χ4v) is 3.30. The summed E-state index contributed by atoms with van der Waals surface area (Å²) in [5, 5.41) is 4.58. The lowest BCUT2D eigenvalue weighted by atomic mass is 9.92. The van der Waals surface area contributed by atoms with E-state index in [1.165, 1.54) is 6.07 Å². The topological polar surface area (TPSA) is 84.5 Å². The van der Waals surface area contributed by atoms with Gasteiger partial charge >= 0.3 is 12.0 Å². The zero-order valence-corrected chi connectivity index (χ0v) is 14.1. The summed E-state index contributed by atoms with van der Waals surface area (Å²) in [4.78, 5) is 35.4. The zero-order chi connectivity index (χ0) is 19.0. The monoisotopic (exact) mass is 366 g/mol. The van der Waals surface area contributed by atoms with Crippen molar-refractivity contribution in [2.45, 2.75) is 19.1 Å². The second-order valence-corrected chi connectivity index (χ2v) is 6.35. The maximum absolute atomic E-state index is 13.9. The Kier molecular flexibility index (Phi) is 4.19. The van der Waals surface area contributed by atoms with Crippen LogP contribution in [0.1, 0.15) is 12.0 Å². The van der Waals surface area contributed by atoms with E-state index in [0.29, 0.717) is 17.6 Å². The van der Waals surface area contributed by atoms with Gasteiger partial charge < -0.3 is 4.74 Å². The van der Waals surface area contributed by atoms with E-state index in [-0.39, 0.29) is 17.8 Å². The van der Waals surface area contributed by atoms with Crippen molar-refractivity contribution in [3.8, 4) is 11.1 Å². The maximum atomic E-state index is 13.9. The minimum absolute atomic E-state index is 0.0236. The van der Waals surface area contributed by atoms with E-state index in [9.17, 15) is 18.8 Å². The first-order valence-corrected chi connectivity index (χ1v) is 8.38. The number of nitrogens with one attached hydrogen (secondary N) is 2. The van der Waals surface area contributed by atoms with Gasteiger partial charge in [-0.15, -0.1) is 0 Å². The second kappa shape index (κ2) is 6.68. The SMILES string of the molecule is O=C1NC(=O)C2=C(Cc3ccc(-c4ccccc4F)cc3)CC(=O)OC2N1. The molecule has 0 saturated carbocycles. The van der Waals surface area contributed by atoms with Crippen molar-refractivity contribution < 1.29 is 23.5 Å². The molecular formula is C20H15FN2O4. The van der Waals surface area contributed by atoms with Crippen molar-refractivity contribution in [1.29, 1.82) is 0 Å². The number of amides is 3. The van der Waals surface area contributed by atoms with Crippen LogP contribution < -0.4 is 10.6 Å². The van der Waals surface area contributed by atoms with Crippen LogP contribution in [0.4, 0.5) is 9.18 Å². The van der Waals surface area contributed by atoms with Crippen LogP contribution in [0.25, 0.3) is 11.1 Å². The van der Waals surface area contributed by atoms with Crippen LogP contribution in [0, 0.1) is 5.82 Å². The first-order chi connectivity index (χ1) is 13.0. The van der Waals surface area contributed by atoms with E-state index in [2.05, 4.69) is 10.6 Å². The molecule has 2 aromatic carbocycles. The number of benzene rings is 2. The third kappa shape index (κ3) is 3.31. The number of carbonyl (C=O) groups excluding carboxylic acids is 3. The van der Waals surface area contributed by atoms with Gasteiger partial charge in [-0.25, -0.2) is 9.18 Å². The Balaban J connectivity index is 1.62. The molecule has 2 aliphatic rings. The Labute approximate surface area is 154 Å². The Hall–Kier alpha value is -3.48. The number of esters is 1. The summed E-state index contributed by atoms with van der Waals surface area (Å²) in [6.07, 6.45) is -0.730. The van der Waals surface area contributed by atoms with E-state index in [0.717, 1.165) is 11.1 Å². The summed E-state index contributed by atoms with van der Waals surface area (Å²) in [6, 6.07) is 13.0. The molecule has 1 saturated heterocycles. The fraction of sp³-hybridized carbons (Fsp3) is 0.150. The molecule has 2 N–H and O–H groups in total. The van der Waals surface area contributed by atoms with E-state index in [1.807, 2.05) is 12.1 Å². The van der Waals surface area contributed by atoms with E-state index in [4.69, 9.17) is 4.74 Å².